The van der Waals surface area contributed by atoms with Crippen LogP contribution in [0, 0.1) is 0 Å². The van der Waals surface area contributed by atoms with E-state index in [2.05, 4.69) is 15.5 Å². The Hall–Kier alpha value is -1.89. The highest BCUT2D eigenvalue weighted by Crippen LogP contribution is 2.26. The lowest BCUT2D eigenvalue weighted by Crippen LogP contribution is -2.42. The molecule has 0 radical (unpaired) electrons. The number of tetrazole rings is 1. The monoisotopic (exact) mass is 359 g/mol. The van der Waals surface area contributed by atoms with Gasteiger partial charge < -0.3 is 4.90 Å². The number of thioether (sulfide) groups is 1. The minimum atomic E-state index is -0.201. The smallest absolute Gasteiger partial charge is 0.235 e. The van der Waals surface area contributed by atoms with E-state index in [1.54, 1.807) is 4.68 Å². The third-order valence-electron chi connectivity index (χ3n) is 4.77. The van der Waals surface area contributed by atoms with Gasteiger partial charge in [-0.25, -0.2) is 4.68 Å². The quantitative estimate of drug-likeness (QED) is 0.742. The van der Waals surface area contributed by atoms with Gasteiger partial charge >= 0.3 is 0 Å². The Morgan fingerprint density at radius 1 is 1.28 bits per heavy atom. The molecule has 1 aromatic heterocycles. The molecule has 1 aliphatic rings. The van der Waals surface area contributed by atoms with Crippen LogP contribution in [0.15, 0.2) is 35.5 Å². The summed E-state index contributed by atoms with van der Waals surface area (Å²) in [5.41, 5.74) is 1.13. The molecule has 1 saturated carbocycles. The van der Waals surface area contributed by atoms with Crippen molar-refractivity contribution in [3.05, 3.63) is 35.9 Å². The summed E-state index contributed by atoms with van der Waals surface area (Å²) in [7, 11) is 1.93. The summed E-state index contributed by atoms with van der Waals surface area (Å²) < 4.78 is 1.75. The largest absolute Gasteiger partial charge is 0.342 e. The van der Waals surface area contributed by atoms with Crippen LogP contribution in [0.2, 0.25) is 0 Å². The van der Waals surface area contributed by atoms with Crippen molar-refractivity contribution in [2.75, 3.05) is 7.05 Å². The second-order valence-electron chi connectivity index (χ2n) is 6.61. The van der Waals surface area contributed by atoms with Crippen molar-refractivity contribution in [2.45, 2.75) is 62.0 Å². The standard InChI is InChI=1S/C18H25N5OS/c1-14(17(24)22(2)16-11-7-4-8-12-16)25-18-19-20-21-23(18)13-15-9-5-3-6-10-15/h3,5-6,9-10,14,16H,4,7-8,11-13H2,1-2H3. The second-order valence-corrected chi connectivity index (χ2v) is 7.91. The van der Waals surface area contributed by atoms with E-state index < -0.39 is 0 Å². The predicted molar refractivity (Wildman–Crippen MR) is 98.3 cm³/mol. The molecule has 0 bridgehead atoms. The molecule has 0 spiro atoms. The van der Waals surface area contributed by atoms with Crippen LogP contribution in [-0.4, -0.2) is 49.4 Å². The van der Waals surface area contributed by atoms with Crippen molar-refractivity contribution >= 4 is 17.7 Å². The Labute approximate surface area is 153 Å². The van der Waals surface area contributed by atoms with Crippen molar-refractivity contribution in [3.8, 4) is 0 Å². The number of hydrogen-bond acceptors (Lipinski definition) is 5. The van der Waals surface area contributed by atoms with Gasteiger partial charge in [0.25, 0.3) is 0 Å². The van der Waals surface area contributed by atoms with Gasteiger partial charge in [0, 0.05) is 13.1 Å². The van der Waals surface area contributed by atoms with Crippen LogP contribution in [0.5, 0.6) is 0 Å². The number of benzene rings is 1. The van der Waals surface area contributed by atoms with Gasteiger partial charge in [-0.15, -0.1) is 5.10 Å². The summed E-state index contributed by atoms with van der Waals surface area (Å²) in [5.74, 6) is 0.158. The molecule has 0 N–H and O–H groups in total. The summed E-state index contributed by atoms with van der Waals surface area (Å²) in [6.07, 6.45) is 5.96. The van der Waals surface area contributed by atoms with E-state index in [9.17, 15) is 4.79 Å². The molecule has 1 aliphatic carbocycles. The van der Waals surface area contributed by atoms with E-state index in [1.807, 2.05) is 49.2 Å². The number of carbonyl (C=O) groups excluding carboxylic acids is 1. The maximum atomic E-state index is 12.8. The fourth-order valence-corrected chi connectivity index (χ4v) is 4.17. The zero-order valence-corrected chi connectivity index (χ0v) is 15.7. The summed E-state index contributed by atoms with van der Waals surface area (Å²) in [6.45, 7) is 2.55. The summed E-state index contributed by atoms with van der Waals surface area (Å²) in [4.78, 5) is 14.7. The molecule has 1 aromatic carbocycles. The Bertz CT molecular complexity index is 684. The van der Waals surface area contributed by atoms with Gasteiger partial charge in [-0.1, -0.05) is 61.4 Å². The number of nitrogens with zero attached hydrogens (tertiary/aromatic N) is 5. The average Bonchev–Trinajstić information content (AvgIpc) is 3.08. The molecule has 1 amide bonds. The van der Waals surface area contributed by atoms with E-state index >= 15 is 0 Å². The Morgan fingerprint density at radius 2 is 2.00 bits per heavy atom. The molecule has 1 fully saturated rings. The normalized spacial score (nSPS) is 16.6. The van der Waals surface area contributed by atoms with Gasteiger partial charge in [-0.2, -0.15) is 0 Å². The Balaban J connectivity index is 1.62. The molecule has 25 heavy (non-hydrogen) atoms. The van der Waals surface area contributed by atoms with Crippen LogP contribution in [0.4, 0.5) is 0 Å². The highest BCUT2D eigenvalue weighted by Gasteiger charge is 2.27. The van der Waals surface area contributed by atoms with E-state index in [-0.39, 0.29) is 11.2 Å². The highest BCUT2D eigenvalue weighted by molar-refractivity contribution is 8.00. The average molecular weight is 359 g/mol. The molecular formula is C18H25N5OS. The van der Waals surface area contributed by atoms with Crippen LogP contribution in [0.3, 0.4) is 0 Å². The first-order chi connectivity index (χ1) is 12.1. The Kier molecular flexibility index (Phi) is 6.07. The zero-order chi connectivity index (χ0) is 17.6. The van der Waals surface area contributed by atoms with Crippen LogP contribution in [0.1, 0.15) is 44.6 Å². The molecule has 7 heteroatoms. The fraction of sp³-hybridized carbons (Fsp3) is 0.556. The minimum absolute atomic E-state index is 0.158. The van der Waals surface area contributed by atoms with Crippen molar-refractivity contribution in [1.82, 2.24) is 25.1 Å². The highest BCUT2D eigenvalue weighted by atomic mass is 32.2. The first kappa shape index (κ1) is 17.9. The SMILES string of the molecule is CC(Sc1nnnn1Cc1ccccc1)C(=O)N(C)C1CCCCC1. The van der Waals surface area contributed by atoms with Gasteiger partial charge in [0.1, 0.15) is 0 Å². The third kappa shape index (κ3) is 4.60. The third-order valence-corrected chi connectivity index (χ3v) is 5.83. The fourth-order valence-electron chi connectivity index (χ4n) is 3.28. The van der Waals surface area contributed by atoms with Crippen molar-refractivity contribution in [1.29, 1.82) is 0 Å². The van der Waals surface area contributed by atoms with Crippen molar-refractivity contribution < 1.29 is 4.79 Å². The number of rotatable bonds is 6. The van der Waals surface area contributed by atoms with Crippen LogP contribution in [-0.2, 0) is 11.3 Å². The zero-order valence-electron chi connectivity index (χ0n) is 14.8. The number of aromatic nitrogens is 4. The molecule has 1 atom stereocenters. The molecule has 0 aliphatic heterocycles. The maximum Gasteiger partial charge on any atom is 0.235 e. The molecule has 1 heterocycles. The van der Waals surface area contributed by atoms with Crippen LogP contribution >= 0.6 is 11.8 Å². The van der Waals surface area contributed by atoms with Crippen LogP contribution < -0.4 is 0 Å². The summed E-state index contributed by atoms with van der Waals surface area (Å²) >= 11 is 1.43. The van der Waals surface area contributed by atoms with E-state index in [4.69, 9.17) is 0 Å². The molecule has 134 valence electrons. The van der Waals surface area contributed by atoms with E-state index in [0.29, 0.717) is 17.7 Å². The maximum absolute atomic E-state index is 12.8. The number of carbonyl (C=O) groups is 1. The van der Waals surface area contributed by atoms with E-state index in [1.165, 1.54) is 31.0 Å². The number of hydrogen-bond donors (Lipinski definition) is 0. The predicted octanol–water partition coefficient (Wildman–Crippen LogP) is 2.99. The molecule has 6 nitrogen and oxygen atoms in total. The van der Waals surface area contributed by atoms with Gasteiger partial charge in [-0.3, -0.25) is 4.79 Å². The van der Waals surface area contributed by atoms with Gasteiger partial charge in [0.05, 0.1) is 11.8 Å². The van der Waals surface area contributed by atoms with Gasteiger partial charge in [-0.05, 0) is 35.8 Å². The first-order valence-electron chi connectivity index (χ1n) is 8.88. The van der Waals surface area contributed by atoms with Crippen molar-refractivity contribution in [3.63, 3.8) is 0 Å². The Morgan fingerprint density at radius 3 is 2.72 bits per heavy atom. The molecular weight excluding hydrogens is 334 g/mol. The van der Waals surface area contributed by atoms with Gasteiger partial charge in [0.2, 0.25) is 11.1 Å². The topological polar surface area (TPSA) is 63.9 Å². The lowest BCUT2D eigenvalue weighted by atomic mass is 9.94. The lowest BCUT2D eigenvalue weighted by Gasteiger charge is -2.32. The van der Waals surface area contributed by atoms with E-state index in [0.717, 1.165) is 18.4 Å². The second kappa shape index (κ2) is 8.47. The van der Waals surface area contributed by atoms with Crippen molar-refractivity contribution in [2.24, 2.45) is 0 Å². The first-order valence-corrected chi connectivity index (χ1v) is 9.76. The molecule has 2 aromatic rings. The minimum Gasteiger partial charge on any atom is -0.342 e. The number of amides is 1. The summed E-state index contributed by atoms with van der Waals surface area (Å²) in [6, 6.07) is 10.4. The lowest BCUT2D eigenvalue weighted by molar-refractivity contribution is -0.131. The molecule has 0 saturated heterocycles. The summed E-state index contributed by atoms with van der Waals surface area (Å²) in [5, 5.41) is 12.4. The molecule has 1 unspecified atom stereocenters. The molecule has 3 rings (SSSR count). The van der Waals surface area contributed by atoms with Gasteiger partial charge in [0.15, 0.2) is 0 Å². The van der Waals surface area contributed by atoms with Crippen LogP contribution in [0.25, 0.3) is 0 Å².